The van der Waals surface area contributed by atoms with Gasteiger partial charge in [0.2, 0.25) is 10.0 Å². The van der Waals surface area contributed by atoms with E-state index >= 15 is 0 Å². The van der Waals surface area contributed by atoms with Crippen LogP contribution in [0.15, 0.2) is 23.1 Å². The van der Waals surface area contributed by atoms with Crippen molar-refractivity contribution >= 4 is 10.0 Å². The van der Waals surface area contributed by atoms with Gasteiger partial charge in [-0.3, -0.25) is 0 Å². The number of benzene rings is 1. The predicted octanol–water partition coefficient (Wildman–Crippen LogP) is 2.66. The van der Waals surface area contributed by atoms with Crippen LogP contribution in [0.3, 0.4) is 0 Å². The van der Waals surface area contributed by atoms with E-state index in [4.69, 9.17) is 5.73 Å². The fourth-order valence-corrected chi connectivity index (χ4v) is 4.81. The summed E-state index contributed by atoms with van der Waals surface area (Å²) in [4.78, 5) is 0.432. The maximum atomic E-state index is 13.0. The molecule has 1 aromatic rings. The number of hydrogen-bond donors (Lipinski definition) is 1. The Hall–Kier alpha value is -0.910. The van der Waals surface area contributed by atoms with Gasteiger partial charge in [-0.2, -0.15) is 4.31 Å². The lowest BCUT2D eigenvalue weighted by Gasteiger charge is -2.31. The van der Waals surface area contributed by atoms with Crippen LogP contribution in [0.4, 0.5) is 0 Å². The highest BCUT2D eigenvalue weighted by atomic mass is 32.2. The van der Waals surface area contributed by atoms with Crippen molar-refractivity contribution in [2.24, 2.45) is 5.73 Å². The summed E-state index contributed by atoms with van der Waals surface area (Å²) in [7, 11) is -1.71. The van der Waals surface area contributed by atoms with Gasteiger partial charge in [-0.25, -0.2) is 8.42 Å². The summed E-state index contributed by atoms with van der Waals surface area (Å²) in [5, 5.41) is 0. The molecule has 0 spiro atoms. The number of aryl methyl sites for hydroxylation is 1. The minimum Gasteiger partial charge on any atom is -0.326 e. The fourth-order valence-electron chi connectivity index (χ4n) is 3.05. The molecule has 4 nitrogen and oxygen atoms in total. The molecule has 1 aliphatic carbocycles. The highest BCUT2D eigenvalue weighted by Gasteiger charge is 2.30. The van der Waals surface area contributed by atoms with Crippen molar-refractivity contribution in [3.05, 3.63) is 29.3 Å². The van der Waals surface area contributed by atoms with Crippen LogP contribution >= 0.6 is 0 Å². The number of hydrogen-bond acceptors (Lipinski definition) is 3. The Morgan fingerprint density at radius 2 is 1.90 bits per heavy atom. The Kier molecular flexibility index (Phi) is 5.41. The maximum absolute atomic E-state index is 13.0. The van der Waals surface area contributed by atoms with Crippen molar-refractivity contribution < 1.29 is 8.42 Å². The highest BCUT2D eigenvalue weighted by Crippen LogP contribution is 2.28. The molecule has 0 aliphatic heterocycles. The molecular weight excluding hydrogens is 284 g/mol. The van der Waals surface area contributed by atoms with E-state index in [-0.39, 0.29) is 6.04 Å². The van der Waals surface area contributed by atoms with Crippen molar-refractivity contribution in [3.63, 3.8) is 0 Å². The van der Waals surface area contributed by atoms with Crippen LogP contribution in [0, 0.1) is 0 Å². The molecule has 0 bridgehead atoms. The van der Waals surface area contributed by atoms with E-state index < -0.39 is 10.0 Å². The SMILES string of the molecule is CCc1ccc(CN)cc1S(=O)(=O)N(C)C1CCCCC1. The lowest BCUT2D eigenvalue weighted by Crippen LogP contribution is -2.38. The summed E-state index contributed by atoms with van der Waals surface area (Å²) >= 11 is 0. The first-order chi connectivity index (χ1) is 10.0. The average Bonchev–Trinajstić information content (AvgIpc) is 2.54. The van der Waals surface area contributed by atoms with Crippen molar-refractivity contribution in [2.45, 2.75) is 62.9 Å². The van der Waals surface area contributed by atoms with Gasteiger partial charge >= 0.3 is 0 Å². The van der Waals surface area contributed by atoms with Crippen molar-refractivity contribution in [2.75, 3.05) is 7.05 Å². The molecule has 0 heterocycles. The Morgan fingerprint density at radius 3 is 2.48 bits per heavy atom. The van der Waals surface area contributed by atoms with Crippen LogP contribution in [0.5, 0.6) is 0 Å². The number of sulfonamides is 1. The highest BCUT2D eigenvalue weighted by molar-refractivity contribution is 7.89. The van der Waals surface area contributed by atoms with Gasteiger partial charge in [-0.05, 0) is 36.5 Å². The molecule has 2 rings (SSSR count). The molecule has 2 N–H and O–H groups in total. The molecule has 1 fully saturated rings. The Balaban J connectivity index is 2.37. The summed E-state index contributed by atoms with van der Waals surface area (Å²) in [5.41, 5.74) is 7.40. The molecule has 118 valence electrons. The smallest absolute Gasteiger partial charge is 0.243 e. The number of nitrogens with two attached hydrogens (primary N) is 1. The third kappa shape index (κ3) is 3.47. The largest absolute Gasteiger partial charge is 0.326 e. The predicted molar refractivity (Wildman–Crippen MR) is 85.5 cm³/mol. The van der Waals surface area contributed by atoms with E-state index in [1.165, 1.54) is 6.42 Å². The van der Waals surface area contributed by atoms with Crippen LogP contribution in [-0.4, -0.2) is 25.8 Å². The van der Waals surface area contributed by atoms with Gasteiger partial charge in [0.25, 0.3) is 0 Å². The normalized spacial score (nSPS) is 17.3. The van der Waals surface area contributed by atoms with Gasteiger partial charge in [0, 0.05) is 19.6 Å². The van der Waals surface area contributed by atoms with Crippen molar-refractivity contribution in [1.82, 2.24) is 4.31 Å². The molecule has 1 saturated carbocycles. The third-order valence-corrected chi connectivity index (χ3v) is 6.49. The maximum Gasteiger partial charge on any atom is 0.243 e. The van der Waals surface area contributed by atoms with Crippen molar-refractivity contribution in [3.8, 4) is 0 Å². The van der Waals surface area contributed by atoms with Crippen LogP contribution in [-0.2, 0) is 23.0 Å². The fraction of sp³-hybridized carbons (Fsp3) is 0.625. The first kappa shape index (κ1) is 16.5. The lowest BCUT2D eigenvalue weighted by atomic mass is 9.96. The zero-order valence-corrected chi connectivity index (χ0v) is 13.8. The number of nitrogens with zero attached hydrogens (tertiary/aromatic N) is 1. The molecule has 1 aliphatic rings. The van der Waals surface area contributed by atoms with E-state index in [9.17, 15) is 8.42 Å². The molecule has 1 aromatic carbocycles. The molecule has 21 heavy (non-hydrogen) atoms. The Labute approximate surface area is 128 Å². The topological polar surface area (TPSA) is 63.4 Å². The molecule has 0 amide bonds. The zero-order chi connectivity index (χ0) is 15.5. The van der Waals surface area contributed by atoms with Gasteiger partial charge < -0.3 is 5.73 Å². The van der Waals surface area contributed by atoms with Crippen molar-refractivity contribution in [1.29, 1.82) is 0 Å². The van der Waals surface area contributed by atoms with Gasteiger partial charge in [0.05, 0.1) is 4.90 Å². The second kappa shape index (κ2) is 6.90. The second-order valence-electron chi connectivity index (χ2n) is 5.81. The number of rotatable bonds is 5. The summed E-state index contributed by atoms with van der Waals surface area (Å²) in [6.45, 7) is 2.34. The second-order valence-corrected chi connectivity index (χ2v) is 7.78. The molecule has 0 radical (unpaired) electrons. The summed E-state index contributed by atoms with van der Waals surface area (Å²) < 4.78 is 27.5. The summed E-state index contributed by atoms with van der Waals surface area (Å²) in [5.74, 6) is 0. The first-order valence-corrected chi connectivity index (χ1v) is 9.24. The van der Waals surface area contributed by atoms with E-state index in [1.54, 1.807) is 17.4 Å². The molecule has 0 aromatic heterocycles. The molecule has 0 atom stereocenters. The van der Waals surface area contributed by atoms with Gasteiger partial charge in [0.1, 0.15) is 0 Å². The van der Waals surface area contributed by atoms with E-state index in [0.29, 0.717) is 17.9 Å². The quantitative estimate of drug-likeness (QED) is 0.909. The minimum absolute atomic E-state index is 0.134. The van der Waals surface area contributed by atoms with Crippen LogP contribution in [0.1, 0.15) is 50.2 Å². The first-order valence-electron chi connectivity index (χ1n) is 7.80. The standard InChI is InChI=1S/C16H26N2O2S/c1-3-14-10-9-13(12-17)11-16(14)21(19,20)18(2)15-7-5-4-6-8-15/h9-11,15H,3-8,12,17H2,1-2H3. The third-order valence-electron chi connectivity index (χ3n) is 4.49. The van der Waals surface area contributed by atoms with Gasteiger partial charge in [-0.15, -0.1) is 0 Å². The minimum atomic E-state index is -3.44. The van der Waals surface area contributed by atoms with Crippen LogP contribution in [0.2, 0.25) is 0 Å². The van der Waals surface area contributed by atoms with E-state index in [0.717, 1.165) is 36.8 Å². The average molecular weight is 310 g/mol. The van der Waals surface area contributed by atoms with Gasteiger partial charge in [-0.1, -0.05) is 38.3 Å². The molecule has 0 unspecified atom stereocenters. The Bertz CT molecular complexity index is 578. The lowest BCUT2D eigenvalue weighted by molar-refractivity contribution is 0.285. The molecule has 0 saturated heterocycles. The monoisotopic (exact) mass is 310 g/mol. The van der Waals surface area contributed by atoms with Gasteiger partial charge in [0.15, 0.2) is 0 Å². The van der Waals surface area contributed by atoms with Crippen LogP contribution in [0.25, 0.3) is 0 Å². The summed E-state index contributed by atoms with van der Waals surface area (Å²) in [6.07, 6.45) is 6.09. The van der Waals surface area contributed by atoms with Crippen LogP contribution < -0.4 is 5.73 Å². The van der Waals surface area contributed by atoms with E-state index in [1.807, 2.05) is 19.1 Å². The molecular formula is C16H26N2O2S. The zero-order valence-electron chi connectivity index (χ0n) is 13.0. The Morgan fingerprint density at radius 1 is 1.24 bits per heavy atom. The summed E-state index contributed by atoms with van der Waals surface area (Å²) in [6, 6.07) is 5.69. The van der Waals surface area contributed by atoms with E-state index in [2.05, 4.69) is 0 Å². The molecule has 5 heteroatoms.